The van der Waals surface area contributed by atoms with E-state index in [1.54, 1.807) is 18.2 Å². The lowest BCUT2D eigenvalue weighted by molar-refractivity contribution is -0.0640. The number of nitrogens with zero attached hydrogens (tertiary/aromatic N) is 2. The van der Waals surface area contributed by atoms with E-state index in [0.717, 1.165) is 52.9 Å². The lowest BCUT2D eigenvalue weighted by atomic mass is 9.83. The summed E-state index contributed by atoms with van der Waals surface area (Å²) < 4.78 is 13.1. The Balaban J connectivity index is 1.06. The molecule has 0 atom stereocenters. The number of carbonyl (C=O) groups is 1. The van der Waals surface area contributed by atoms with Crippen molar-refractivity contribution in [3.8, 4) is 11.3 Å². The van der Waals surface area contributed by atoms with Crippen LogP contribution in [0.15, 0.2) is 47.0 Å². The van der Waals surface area contributed by atoms with Crippen LogP contribution in [0.2, 0.25) is 0 Å². The standard InChI is InChI=1S/C30H30N2O5S/c33-28(34)19-9-10-24-25(15-19)38-29(31-24)30(35)13-11-20(12-14-30)36-16-23-26(32-37-27(23)18-7-8-18)22-4-2-1-3-21(22)17-5-6-17/h1-4,9-10,15,17-18,20,35H,5-8,11-14,16H2,(H,33,34)/t20-,30+. The van der Waals surface area contributed by atoms with Gasteiger partial charge in [-0.3, -0.25) is 0 Å². The molecule has 3 saturated carbocycles. The van der Waals surface area contributed by atoms with Crippen molar-refractivity contribution >= 4 is 27.5 Å². The van der Waals surface area contributed by atoms with Gasteiger partial charge in [0.2, 0.25) is 0 Å². The van der Waals surface area contributed by atoms with Crippen molar-refractivity contribution in [3.05, 3.63) is 69.9 Å². The van der Waals surface area contributed by atoms with E-state index in [2.05, 4.69) is 34.4 Å². The van der Waals surface area contributed by atoms with Crippen LogP contribution >= 0.6 is 11.3 Å². The summed E-state index contributed by atoms with van der Waals surface area (Å²) in [4.78, 5) is 16.0. The number of aromatic carboxylic acids is 1. The summed E-state index contributed by atoms with van der Waals surface area (Å²) in [6, 6.07) is 13.5. The van der Waals surface area contributed by atoms with Gasteiger partial charge < -0.3 is 19.5 Å². The lowest BCUT2D eigenvalue weighted by Gasteiger charge is -2.34. The van der Waals surface area contributed by atoms with Crippen molar-refractivity contribution < 1.29 is 24.3 Å². The zero-order chi connectivity index (χ0) is 25.9. The molecule has 0 spiro atoms. The fraction of sp³-hybridized carbons (Fsp3) is 0.433. The molecule has 0 unspecified atom stereocenters. The van der Waals surface area contributed by atoms with Gasteiger partial charge in [-0.15, -0.1) is 11.3 Å². The predicted molar refractivity (Wildman–Crippen MR) is 143 cm³/mol. The van der Waals surface area contributed by atoms with E-state index in [-0.39, 0.29) is 11.7 Å². The maximum absolute atomic E-state index is 11.4. The Morgan fingerprint density at radius 3 is 2.55 bits per heavy atom. The number of aliphatic hydroxyl groups is 1. The van der Waals surface area contributed by atoms with Gasteiger partial charge in [-0.1, -0.05) is 29.4 Å². The minimum absolute atomic E-state index is 0.0387. The van der Waals surface area contributed by atoms with E-state index in [1.165, 1.54) is 35.3 Å². The molecule has 196 valence electrons. The zero-order valence-corrected chi connectivity index (χ0v) is 21.9. The van der Waals surface area contributed by atoms with Gasteiger partial charge in [-0.25, -0.2) is 9.78 Å². The largest absolute Gasteiger partial charge is 0.478 e. The van der Waals surface area contributed by atoms with E-state index < -0.39 is 11.6 Å². The minimum atomic E-state index is -1.02. The molecule has 0 saturated heterocycles. The van der Waals surface area contributed by atoms with Crippen LogP contribution in [0.25, 0.3) is 21.5 Å². The van der Waals surface area contributed by atoms with Gasteiger partial charge in [0.25, 0.3) is 0 Å². The van der Waals surface area contributed by atoms with E-state index in [9.17, 15) is 15.0 Å². The van der Waals surface area contributed by atoms with Crippen LogP contribution < -0.4 is 0 Å². The van der Waals surface area contributed by atoms with Gasteiger partial charge in [0.15, 0.2) is 0 Å². The molecule has 0 aliphatic heterocycles. The first-order valence-electron chi connectivity index (χ1n) is 13.5. The van der Waals surface area contributed by atoms with Crippen molar-refractivity contribution in [1.82, 2.24) is 10.1 Å². The van der Waals surface area contributed by atoms with Crippen LogP contribution in [0.1, 0.15) is 95.5 Å². The van der Waals surface area contributed by atoms with E-state index in [1.807, 2.05) is 0 Å². The smallest absolute Gasteiger partial charge is 0.335 e. The number of carboxylic acids is 1. The molecule has 3 aliphatic rings. The number of ether oxygens (including phenoxy) is 1. The Morgan fingerprint density at radius 2 is 1.82 bits per heavy atom. The van der Waals surface area contributed by atoms with E-state index >= 15 is 0 Å². The monoisotopic (exact) mass is 530 g/mol. The number of carboxylic acid groups (broad SMARTS) is 1. The number of aromatic nitrogens is 2. The summed E-state index contributed by atoms with van der Waals surface area (Å²) in [5, 5.41) is 25.9. The highest BCUT2D eigenvalue weighted by Gasteiger charge is 2.39. The molecule has 8 heteroatoms. The number of rotatable bonds is 8. The maximum atomic E-state index is 11.4. The van der Waals surface area contributed by atoms with Crippen molar-refractivity contribution in [3.63, 3.8) is 0 Å². The third kappa shape index (κ3) is 4.44. The molecular weight excluding hydrogens is 500 g/mol. The number of fused-ring (bicyclic) bond motifs is 1. The molecular formula is C30H30N2O5S. The summed E-state index contributed by atoms with van der Waals surface area (Å²) in [5.74, 6) is 1.08. The number of hydrogen-bond donors (Lipinski definition) is 2. The third-order valence-corrected chi connectivity index (χ3v) is 9.47. The van der Waals surface area contributed by atoms with Gasteiger partial charge in [-0.2, -0.15) is 0 Å². The van der Waals surface area contributed by atoms with Crippen LogP contribution in [0, 0.1) is 0 Å². The van der Waals surface area contributed by atoms with Crippen LogP contribution in [0.3, 0.4) is 0 Å². The molecule has 3 aliphatic carbocycles. The first kappa shape index (κ1) is 24.0. The minimum Gasteiger partial charge on any atom is -0.478 e. The van der Waals surface area contributed by atoms with E-state index in [4.69, 9.17) is 9.26 Å². The highest BCUT2D eigenvalue weighted by Crippen LogP contribution is 2.48. The SMILES string of the molecule is O=C(O)c1ccc2nc([C@]3(O)CC[C@@H](OCc4c(-c5ccccc5C5CC5)noc4C4CC4)CC3)sc2c1. The van der Waals surface area contributed by atoms with Crippen molar-refractivity contribution in [1.29, 1.82) is 0 Å². The normalized spacial score (nSPS) is 23.7. The summed E-state index contributed by atoms with van der Waals surface area (Å²) >= 11 is 1.38. The summed E-state index contributed by atoms with van der Waals surface area (Å²) in [6.07, 6.45) is 7.34. The fourth-order valence-electron chi connectivity index (χ4n) is 5.71. The van der Waals surface area contributed by atoms with Crippen molar-refractivity contribution in [2.24, 2.45) is 0 Å². The highest BCUT2D eigenvalue weighted by molar-refractivity contribution is 7.18. The summed E-state index contributed by atoms with van der Waals surface area (Å²) in [5.41, 5.74) is 4.48. The number of thiazole rings is 1. The fourth-order valence-corrected chi connectivity index (χ4v) is 6.86. The predicted octanol–water partition coefficient (Wildman–Crippen LogP) is 6.75. The number of benzene rings is 2. The van der Waals surface area contributed by atoms with E-state index in [0.29, 0.717) is 36.3 Å². The topological polar surface area (TPSA) is 106 Å². The molecule has 2 heterocycles. The Labute approximate surface area is 224 Å². The molecule has 2 aromatic carbocycles. The lowest BCUT2D eigenvalue weighted by Crippen LogP contribution is -2.34. The first-order valence-corrected chi connectivity index (χ1v) is 14.4. The van der Waals surface area contributed by atoms with Crippen LogP contribution in [0.5, 0.6) is 0 Å². The molecule has 0 bridgehead atoms. The van der Waals surface area contributed by atoms with Gasteiger partial charge in [0, 0.05) is 17.0 Å². The highest BCUT2D eigenvalue weighted by atomic mass is 32.1. The van der Waals surface area contributed by atoms with Crippen LogP contribution in [-0.2, 0) is 16.9 Å². The molecule has 7 rings (SSSR count). The first-order chi connectivity index (χ1) is 18.5. The summed E-state index contributed by atoms with van der Waals surface area (Å²) in [7, 11) is 0. The van der Waals surface area contributed by atoms with Gasteiger partial charge in [0.1, 0.15) is 22.1 Å². The molecule has 0 amide bonds. The second-order valence-electron chi connectivity index (χ2n) is 11.1. The van der Waals surface area contributed by atoms with Gasteiger partial charge in [-0.05, 0) is 81.0 Å². The second kappa shape index (κ2) is 9.29. The Morgan fingerprint density at radius 1 is 1.05 bits per heavy atom. The Bertz CT molecular complexity index is 1510. The quantitative estimate of drug-likeness (QED) is 0.259. The van der Waals surface area contributed by atoms with Gasteiger partial charge >= 0.3 is 5.97 Å². The second-order valence-corrected chi connectivity index (χ2v) is 12.1. The van der Waals surface area contributed by atoms with Crippen LogP contribution in [0.4, 0.5) is 0 Å². The molecule has 2 N–H and O–H groups in total. The Hall–Kier alpha value is -3.07. The van der Waals surface area contributed by atoms with Crippen LogP contribution in [-0.4, -0.2) is 32.4 Å². The third-order valence-electron chi connectivity index (χ3n) is 8.26. The molecule has 4 aromatic rings. The van der Waals surface area contributed by atoms with Crippen molar-refractivity contribution in [2.75, 3.05) is 0 Å². The zero-order valence-electron chi connectivity index (χ0n) is 21.1. The molecule has 38 heavy (non-hydrogen) atoms. The maximum Gasteiger partial charge on any atom is 0.335 e. The van der Waals surface area contributed by atoms with Gasteiger partial charge in [0.05, 0.1) is 28.5 Å². The molecule has 3 fully saturated rings. The summed E-state index contributed by atoms with van der Waals surface area (Å²) in [6.45, 7) is 0.464. The Kier molecular flexibility index (Phi) is 5.87. The van der Waals surface area contributed by atoms with Crippen molar-refractivity contribution in [2.45, 2.75) is 81.5 Å². The average molecular weight is 531 g/mol. The number of hydrogen-bond acceptors (Lipinski definition) is 7. The molecule has 0 radical (unpaired) electrons. The average Bonchev–Trinajstić information content (AvgIpc) is 3.87. The molecule has 2 aromatic heterocycles. The molecule has 7 nitrogen and oxygen atoms in total.